The van der Waals surface area contributed by atoms with Crippen LogP contribution in [0.4, 0.5) is 0 Å². The Morgan fingerprint density at radius 1 is 0.250 bits per heavy atom. The fourth-order valence-electron chi connectivity index (χ4n) is 12.3. The molecule has 0 nitrogen and oxygen atoms in total. The number of hydrogen-bond donors (Lipinski definition) is 0. The second kappa shape index (κ2) is 15.7. The third-order valence-corrected chi connectivity index (χ3v) is 16.3. The maximum atomic E-state index is 2.53. The SMILES string of the molecule is Cc1cc(-c2ccccc2)cc(C)c1-c1ccc2c(c1)-c1ccc3c4c(ccc-2c14)-c1c-3c(-c2cc(C(C)(C)C)cc(C(C)(C)C)c2)c2cc3ccccc3cc2c1-c1cc(C(C)(C)C)cc(C(C)(C)C)c1. The number of fused-ring (bicyclic) bond motifs is 8. The summed E-state index contributed by atoms with van der Waals surface area (Å²) >= 11 is 0. The molecule has 0 atom stereocenters. The van der Waals surface area contributed by atoms with E-state index in [4.69, 9.17) is 0 Å². The quantitative estimate of drug-likeness (QED) is 0.154. The normalized spacial score (nSPS) is 13.1. The number of hydrogen-bond acceptors (Lipinski definition) is 0. The molecule has 356 valence electrons. The van der Waals surface area contributed by atoms with E-state index in [0.29, 0.717) is 0 Å². The first-order valence-electron chi connectivity index (χ1n) is 26.3. The van der Waals surface area contributed by atoms with Crippen molar-refractivity contribution in [1.82, 2.24) is 0 Å². The molecule has 0 saturated carbocycles. The van der Waals surface area contributed by atoms with Crippen molar-refractivity contribution in [2.45, 2.75) is 119 Å². The summed E-state index contributed by atoms with van der Waals surface area (Å²) in [6.45, 7) is 33.0. The van der Waals surface area contributed by atoms with E-state index in [1.807, 2.05) is 0 Å². The molecule has 0 radical (unpaired) electrons. The van der Waals surface area contributed by atoms with E-state index in [0.717, 1.165) is 0 Å². The van der Waals surface area contributed by atoms with Crippen molar-refractivity contribution in [3.63, 3.8) is 0 Å². The highest BCUT2D eigenvalue weighted by Crippen LogP contribution is 2.62. The predicted molar refractivity (Wildman–Crippen MR) is 314 cm³/mol. The molecule has 0 aromatic heterocycles. The summed E-state index contributed by atoms with van der Waals surface area (Å²) in [5.41, 5.74) is 29.0. The molecular weight excluding hydrogens is 865 g/mol. The van der Waals surface area contributed by atoms with Gasteiger partial charge in [-0.1, -0.05) is 223 Å². The Balaban J connectivity index is 1.19. The van der Waals surface area contributed by atoms with Crippen molar-refractivity contribution in [3.8, 4) is 89.0 Å². The Hall–Kier alpha value is -7.02. The Bertz CT molecular complexity index is 3700. The van der Waals surface area contributed by atoms with Crippen LogP contribution in [0.2, 0.25) is 0 Å². The van der Waals surface area contributed by atoms with Gasteiger partial charge < -0.3 is 0 Å². The van der Waals surface area contributed by atoms with Crippen LogP contribution in [0.5, 0.6) is 0 Å². The molecule has 0 bridgehead atoms. The van der Waals surface area contributed by atoms with Crippen LogP contribution in [0.3, 0.4) is 0 Å². The van der Waals surface area contributed by atoms with Crippen LogP contribution in [-0.2, 0) is 21.7 Å². The van der Waals surface area contributed by atoms with Gasteiger partial charge in [0.05, 0.1) is 0 Å². The second-order valence-corrected chi connectivity index (χ2v) is 25.5. The van der Waals surface area contributed by atoms with Crippen LogP contribution in [-0.4, -0.2) is 0 Å². The molecule has 10 aromatic carbocycles. The third kappa shape index (κ3) is 7.23. The lowest BCUT2D eigenvalue weighted by molar-refractivity contribution is 0.568. The summed E-state index contributed by atoms with van der Waals surface area (Å²) < 4.78 is 0. The summed E-state index contributed by atoms with van der Waals surface area (Å²) in [4.78, 5) is 0. The average molecular weight is 933 g/mol. The van der Waals surface area contributed by atoms with Crippen molar-refractivity contribution >= 4 is 32.3 Å². The molecule has 2 aliphatic carbocycles. The maximum Gasteiger partial charge on any atom is -0.000740 e. The minimum Gasteiger partial charge on any atom is -0.0622 e. The summed E-state index contributed by atoms with van der Waals surface area (Å²) in [7, 11) is 0. The molecule has 0 spiro atoms. The molecule has 0 unspecified atom stereocenters. The summed E-state index contributed by atoms with van der Waals surface area (Å²) in [6.07, 6.45) is 0. The summed E-state index contributed by atoms with van der Waals surface area (Å²) in [5.74, 6) is 0. The van der Waals surface area contributed by atoms with Crippen molar-refractivity contribution in [2.24, 2.45) is 0 Å². The highest BCUT2D eigenvalue weighted by atomic mass is 14.4. The summed E-state index contributed by atoms with van der Waals surface area (Å²) in [6, 6.07) is 61.8. The molecule has 0 heteroatoms. The van der Waals surface area contributed by atoms with E-state index in [1.54, 1.807) is 0 Å². The van der Waals surface area contributed by atoms with Crippen LogP contribution in [0.15, 0.2) is 158 Å². The fraction of sp³-hybridized carbons (Fsp3) is 0.250. The van der Waals surface area contributed by atoms with E-state index >= 15 is 0 Å². The first-order chi connectivity index (χ1) is 34.0. The lowest BCUT2D eigenvalue weighted by Crippen LogP contribution is -2.17. The molecule has 0 N–H and O–H groups in total. The van der Waals surface area contributed by atoms with Crippen molar-refractivity contribution in [2.75, 3.05) is 0 Å². The minimum absolute atomic E-state index is 0.0461. The Morgan fingerprint density at radius 2 is 0.639 bits per heavy atom. The van der Waals surface area contributed by atoms with E-state index in [1.165, 1.54) is 155 Å². The van der Waals surface area contributed by atoms with Gasteiger partial charge >= 0.3 is 0 Å². The van der Waals surface area contributed by atoms with Crippen LogP contribution >= 0.6 is 0 Å². The van der Waals surface area contributed by atoms with Gasteiger partial charge in [-0.3, -0.25) is 0 Å². The number of rotatable bonds is 4. The molecule has 0 saturated heterocycles. The molecule has 72 heavy (non-hydrogen) atoms. The van der Waals surface area contributed by atoms with Gasteiger partial charge in [-0.05, 0) is 208 Å². The number of aryl methyl sites for hydroxylation is 2. The minimum atomic E-state index is -0.0461. The molecule has 10 aromatic rings. The Labute approximate surface area is 428 Å². The standard InChI is InChI=1S/C72H68/c1-41-30-47(43-20-16-15-17-21-43)31-42(2)62(41)46-24-25-54-55-26-28-57-66-58(29-27-56(65(55)66)59(54)38-46)68-64(49-34-52(71(9,10)11)40-53(35-49)72(12,13)14)61-37-45-23-19-18-22-44(45)36-60(61)63(67(57)68)48-32-50(69(3,4)5)39-51(33-48)70(6,7)8/h15-40H,1-14H3. The zero-order valence-corrected chi connectivity index (χ0v) is 45.0. The molecule has 0 aliphatic heterocycles. The fourth-order valence-corrected chi connectivity index (χ4v) is 12.3. The van der Waals surface area contributed by atoms with Crippen LogP contribution in [0, 0.1) is 13.8 Å². The Kier molecular flexibility index (Phi) is 10.1. The van der Waals surface area contributed by atoms with Crippen molar-refractivity contribution in [3.05, 3.63) is 191 Å². The van der Waals surface area contributed by atoms with Gasteiger partial charge in [0.2, 0.25) is 0 Å². The molecule has 0 fully saturated rings. The molecule has 2 aliphatic rings. The Morgan fingerprint density at radius 3 is 1.08 bits per heavy atom. The monoisotopic (exact) mass is 933 g/mol. The lowest BCUT2D eigenvalue weighted by Gasteiger charge is -2.29. The zero-order valence-electron chi connectivity index (χ0n) is 45.0. The van der Waals surface area contributed by atoms with Crippen LogP contribution in [0.1, 0.15) is 116 Å². The van der Waals surface area contributed by atoms with Gasteiger partial charge in [-0.25, -0.2) is 0 Å². The highest BCUT2D eigenvalue weighted by molar-refractivity contribution is 6.33. The van der Waals surface area contributed by atoms with Crippen LogP contribution < -0.4 is 0 Å². The first kappa shape index (κ1) is 46.1. The average Bonchev–Trinajstić information content (AvgIpc) is 3.83. The van der Waals surface area contributed by atoms with E-state index in [-0.39, 0.29) is 21.7 Å². The van der Waals surface area contributed by atoms with Gasteiger partial charge in [-0.15, -0.1) is 0 Å². The van der Waals surface area contributed by atoms with E-state index in [9.17, 15) is 0 Å². The highest BCUT2D eigenvalue weighted by Gasteiger charge is 2.36. The molecule has 0 heterocycles. The smallest absolute Gasteiger partial charge is 0.000740 e. The number of benzene rings is 10. The first-order valence-corrected chi connectivity index (χ1v) is 26.3. The largest absolute Gasteiger partial charge is 0.0622 e. The molecule has 12 rings (SSSR count). The van der Waals surface area contributed by atoms with Gasteiger partial charge in [0.1, 0.15) is 0 Å². The topological polar surface area (TPSA) is 0 Å². The summed E-state index contributed by atoms with van der Waals surface area (Å²) in [5, 5.41) is 7.91. The van der Waals surface area contributed by atoms with Crippen molar-refractivity contribution in [1.29, 1.82) is 0 Å². The van der Waals surface area contributed by atoms with E-state index < -0.39 is 0 Å². The van der Waals surface area contributed by atoms with Gasteiger partial charge in [0.25, 0.3) is 0 Å². The van der Waals surface area contributed by atoms with Gasteiger partial charge in [-0.2, -0.15) is 0 Å². The zero-order chi connectivity index (χ0) is 50.6. The van der Waals surface area contributed by atoms with E-state index in [2.05, 4.69) is 255 Å². The third-order valence-electron chi connectivity index (χ3n) is 16.3. The maximum absolute atomic E-state index is 2.53. The molecular formula is C72H68. The van der Waals surface area contributed by atoms with Gasteiger partial charge in [0.15, 0.2) is 0 Å². The van der Waals surface area contributed by atoms with Crippen molar-refractivity contribution < 1.29 is 0 Å². The lowest BCUT2D eigenvalue weighted by atomic mass is 9.75. The second-order valence-electron chi connectivity index (χ2n) is 25.5. The molecule has 0 amide bonds. The van der Waals surface area contributed by atoms with Gasteiger partial charge in [0, 0.05) is 0 Å². The predicted octanol–water partition coefficient (Wildman–Crippen LogP) is 20.9. The van der Waals surface area contributed by atoms with Crippen LogP contribution in [0.25, 0.3) is 121 Å².